The lowest BCUT2D eigenvalue weighted by Crippen LogP contribution is -2.36. The monoisotopic (exact) mass is 437 g/mol. The number of ether oxygens (including phenoxy) is 1. The molecule has 2 aromatic heterocycles. The van der Waals surface area contributed by atoms with Crippen LogP contribution >= 0.6 is 23.1 Å². The number of nitrogens with zero attached hydrogens (tertiary/aromatic N) is 2. The molecule has 1 unspecified atom stereocenters. The molecular weight excluding hydrogens is 406 g/mol. The number of nitrogens with one attached hydrogen (secondary N) is 1. The highest BCUT2D eigenvalue weighted by atomic mass is 32.2. The average molecular weight is 438 g/mol. The maximum absolute atomic E-state index is 13.3. The van der Waals surface area contributed by atoms with Crippen molar-refractivity contribution in [2.24, 2.45) is 0 Å². The van der Waals surface area contributed by atoms with Crippen LogP contribution in [0.4, 0.5) is 0 Å². The third-order valence-electron chi connectivity index (χ3n) is 5.18. The van der Waals surface area contributed by atoms with Gasteiger partial charge >= 0.3 is 0 Å². The third kappa shape index (κ3) is 5.41. The van der Waals surface area contributed by atoms with E-state index in [4.69, 9.17) is 9.72 Å². The van der Waals surface area contributed by atoms with Gasteiger partial charge in [-0.2, -0.15) is 0 Å². The van der Waals surface area contributed by atoms with Crippen molar-refractivity contribution < 1.29 is 9.53 Å². The molecule has 0 radical (unpaired) electrons. The summed E-state index contributed by atoms with van der Waals surface area (Å²) in [7, 11) is 1.62. The molecule has 8 heteroatoms. The van der Waals surface area contributed by atoms with Crippen molar-refractivity contribution in [3.63, 3.8) is 0 Å². The molecule has 3 rings (SSSR count). The van der Waals surface area contributed by atoms with E-state index in [9.17, 15) is 9.59 Å². The van der Waals surface area contributed by atoms with E-state index in [0.29, 0.717) is 18.3 Å². The second-order valence-corrected chi connectivity index (χ2v) is 9.69. The molecule has 2 aromatic rings. The molecule has 0 bridgehead atoms. The van der Waals surface area contributed by atoms with E-state index in [1.165, 1.54) is 28.6 Å². The number of hydrogen-bond acceptors (Lipinski definition) is 6. The highest BCUT2D eigenvalue weighted by molar-refractivity contribution is 7.99. The van der Waals surface area contributed by atoms with Crippen LogP contribution in [0.25, 0.3) is 10.2 Å². The molecule has 29 heavy (non-hydrogen) atoms. The van der Waals surface area contributed by atoms with Crippen LogP contribution in [0.2, 0.25) is 0 Å². The van der Waals surface area contributed by atoms with Crippen LogP contribution in [0.3, 0.4) is 0 Å². The zero-order chi connectivity index (χ0) is 20.8. The number of hydrogen-bond donors (Lipinski definition) is 1. The van der Waals surface area contributed by atoms with Gasteiger partial charge in [0, 0.05) is 24.6 Å². The van der Waals surface area contributed by atoms with Crippen LogP contribution in [-0.4, -0.2) is 41.0 Å². The quantitative estimate of drug-likeness (QED) is 0.329. The summed E-state index contributed by atoms with van der Waals surface area (Å²) >= 11 is 3.01. The second kappa shape index (κ2) is 10.6. The van der Waals surface area contributed by atoms with E-state index < -0.39 is 0 Å². The standard InChI is InChI=1S/C21H31N3O3S2/c1-4-5-6-7-11-24-20(26)18-15-9-8-10-16(15)29-19(18)23-21(24)28-13-17(25)22-14(2)12-27-3/h14H,4-13H2,1-3H3,(H,22,25). The van der Waals surface area contributed by atoms with Gasteiger partial charge in [-0.1, -0.05) is 37.9 Å². The van der Waals surface area contributed by atoms with Gasteiger partial charge in [-0.15, -0.1) is 11.3 Å². The molecular formula is C21H31N3O3S2. The van der Waals surface area contributed by atoms with Gasteiger partial charge in [-0.3, -0.25) is 14.2 Å². The number of carbonyl (C=O) groups is 1. The van der Waals surface area contributed by atoms with Gasteiger partial charge in [0.15, 0.2) is 5.16 Å². The van der Waals surface area contributed by atoms with Crippen molar-refractivity contribution in [2.45, 2.75) is 76.5 Å². The molecule has 1 aliphatic rings. The molecule has 1 atom stereocenters. The van der Waals surface area contributed by atoms with Crippen molar-refractivity contribution in [1.82, 2.24) is 14.9 Å². The zero-order valence-corrected chi connectivity index (χ0v) is 19.2. The summed E-state index contributed by atoms with van der Waals surface area (Å²) in [5.74, 6) is 0.173. The van der Waals surface area contributed by atoms with E-state index in [2.05, 4.69) is 12.2 Å². The number of fused-ring (bicyclic) bond motifs is 3. The SMILES string of the molecule is CCCCCCn1c(SCC(=O)NC(C)COC)nc2sc3c(c2c1=O)CCC3. The number of thioether (sulfide) groups is 1. The predicted octanol–water partition coefficient (Wildman–Crippen LogP) is 3.77. The van der Waals surface area contributed by atoms with Gasteiger partial charge in [-0.25, -0.2) is 4.98 Å². The molecule has 0 saturated carbocycles. The Balaban J connectivity index is 1.82. The number of rotatable bonds is 11. The van der Waals surface area contributed by atoms with Crippen LogP contribution in [0.5, 0.6) is 0 Å². The van der Waals surface area contributed by atoms with Crippen LogP contribution in [0, 0.1) is 0 Å². The summed E-state index contributed by atoms with van der Waals surface area (Å²) in [4.78, 5) is 32.6. The minimum Gasteiger partial charge on any atom is -0.383 e. The molecule has 0 aromatic carbocycles. The van der Waals surface area contributed by atoms with E-state index in [-0.39, 0.29) is 23.3 Å². The Hall–Kier alpha value is -1.38. The Bertz CT molecular complexity index is 907. The Morgan fingerprint density at radius 2 is 2.17 bits per heavy atom. The zero-order valence-electron chi connectivity index (χ0n) is 17.6. The van der Waals surface area contributed by atoms with Crippen LogP contribution < -0.4 is 10.9 Å². The Morgan fingerprint density at radius 3 is 2.93 bits per heavy atom. The number of thiophene rings is 1. The first-order chi connectivity index (χ1) is 14.0. The molecule has 0 spiro atoms. The van der Waals surface area contributed by atoms with Crippen molar-refractivity contribution in [2.75, 3.05) is 19.5 Å². The predicted molar refractivity (Wildman–Crippen MR) is 120 cm³/mol. The molecule has 0 saturated heterocycles. The number of unbranched alkanes of at least 4 members (excludes halogenated alkanes) is 3. The second-order valence-electron chi connectivity index (χ2n) is 7.66. The summed E-state index contributed by atoms with van der Waals surface area (Å²) < 4.78 is 6.87. The molecule has 6 nitrogen and oxygen atoms in total. The third-order valence-corrected chi connectivity index (χ3v) is 7.34. The molecule has 160 valence electrons. The Morgan fingerprint density at radius 1 is 1.34 bits per heavy atom. The smallest absolute Gasteiger partial charge is 0.263 e. The largest absolute Gasteiger partial charge is 0.383 e. The summed E-state index contributed by atoms with van der Waals surface area (Å²) in [6.45, 7) is 5.23. The lowest BCUT2D eigenvalue weighted by atomic mass is 10.2. The Labute approximate surface area is 180 Å². The Kier molecular flexibility index (Phi) is 8.15. The lowest BCUT2D eigenvalue weighted by molar-refractivity contribution is -0.119. The normalized spacial score (nSPS) is 14.3. The van der Waals surface area contributed by atoms with Crippen molar-refractivity contribution in [3.05, 3.63) is 20.8 Å². The van der Waals surface area contributed by atoms with E-state index in [0.717, 1.165) is 48.7 Å². The van der Waals surface area contributed by atoms with E-state index in [1.54, 1.807) is 23.0 Å². The molecule has 0 fully saturated rings. The first kappa shape index (κ1) is 22.3. The average Bonchev–Trinajstić information content (AvgIpc) is 3.26. The maximum Gasteiger partial charge on any atom is 0.263 e. The summed E-state index contributed by atoms with van der Waals surface area (Å²) in [6.07, 6.45) is 7.54. The molecule has 0 aliphatic heterocycles. The van der Waals surface area contributed by atoms with Gasteiger partial charge in [-0.05, 0) is 38.2 Å². The molecule has 2 heterocycles. The minimum absolute atomic E-state index is 0.0416. The number of aromatic nitrogens is 2. The minimum atomic E-state index is -0.0693. The highest BCUT2D eigenvalue weighted by Crippen LogP contribution is 2.35. The van der Waals surface area contributed by atoms with Gasteiger partial charge in [0.25, 0.3) is 5.56 Å². The van der Waals surface area contributed by atoms with Crippen molar-refractivity contribution in [1.29, 1.82) is 0 Å². The summed E-state index contributed by atoms with van der Waals surface area (Å²) in [5, 5.41) is 4.40. The van der Waals surface area contributed by atoms with Gasteiger partial charge in [0.2, 0.25) is 5.91 Å². The van der Waals surface area contributed by atoms with Crippen LogP contribution in [-0.2, 0) is 28.9 Å². The maximum atomic E-state index is 13.3. The van der Waals surface area contributed by atoms with Crippen molar-refractivity contribution >= 4 is 39.2 Å². The number of methoxy groups -OCH3 is 1. The lowest BCUT2D eigenvalue weighted by Gasteiger charge is -2.14. The van der Waals surface area contributed by atoms with Gasteiger partial charge in [0.05, 0.1) is 17.7 Å². The van der Waals surface area contributed by atoms with Crippen molar-refractivity contribution in [3.8, 4) is 0 Å². The van der Waals surface area contributed by atoms with Crippen LogP contribution in [0.15, 0.2) is 9.95 Å². The highest BCUT2D eigenvalue weighted by Gasteiger charge is 2.23. The van der Waals surface area contributed by atoms with E-state index in [1.807, 2.05) is 6.92 Å². The molecule has 1 amide bonds. The first-order valence-electron chi connectivity index (χ1n) is 10.5. The summed E-state index contributed by atoms with van der Waals surface area (Å²) in [6, 6.07) is -0.0416. The number of aryl methyl sites for hydroxylation is 2. The first-order valence-corrected chi connectivity index (χ1v) is 12.3. The topological polar surface area (TPSA) is 73.2 Å². The van der Waals surface area contributed by atoms with E-state index >= 15 is 0 Å². The number of amides is 1. The fourth-order valence-corrected chi connectivity index (χ4v) is 5.94. The van der Waals surface area contributed by atoms with Crippen LogP contribution in [0.1, 0.15) is 56.4 Å². The fraction of sp³-hybridized carbons (Fsp3) is 0.667. The van der Waals surface area contributed by atoms with Gasteiger partial charge in [0.1, 0.15) is 4.83 Å². The van der Waals surface area contributed by atoms with Gasteiger partial charge < -0.3 is 10.1 Å². The fourth-order valence-electron chi connectivity index (χ4n) is 3.80. The molecule has 1 N–H and O–H groups in total. The number of carbonyl (C=O) groups excluding carboxylic acids is 1. The summed E-state index contributed by atoms with van der Waals surface area (Å²) in [5.41, 5.74) is 1.29. The molecule has 1 aliphatic carbocycles.